The minimum absolute atomic E-state index is 0.163. The minimum atomic E-state index is -3.13. The van der Waals surface area contributed by atoms with Crippen LogP contribution in [-0.4, -0.2) is 26.3 Å². The first-order valence-electron chi connectivity index (χ1n) is 4.05. The van der Waals surface area contributed by atoms with Gasteiger partial charge in [0.15, 0.2) is 0 Å². The fraction of sp³-hybridized carbons (Fsp3) is 1.00. The highest BCUT2D eigenvalue weighted by molar-refractivity contribution is 7.89. The van der Waals surface area contributed by atoms with E-state index in [1.165, 1.54) is 0 Å². The number of hydrogen-bond acceptors (Lipinski definition) is 3. The van der Waals surface area contributed by atoms with Gasteiger partial charge in [0, 0.05) is 12.1 Å². The van der Waals surface area contributed by atoms with Crippen LogP contribution in [0.1, 0.15) is 27.2 Å². The first kappa shape index (κ1) is 11.9. The molecule has 0 saturated heterocycles. The van der Waals surface area contributed by atoms with Crippen molar-refractivity contribution in [2.75, 3.05) is 12.3 Å². The van der Waals surface area contributed by atoms with Crippen LogP contribution in [0.3, 0.4) is 0 Å². The molecule has 4 nitrogen and oxygen atoms in total. The van der Waals surface area contributed by atoms with Crippen LogP contribution in [0.2, 0.25) is 0 Å². The molecule has 5 heteroatoms. The van der Waals surface area contributed by atoms with E-state index in [-0.39, 0.29) is 5.75 Å². The Morgan fingerprint density at radius 2 is 1.92 bits per heavy atom. The van der Waals surface area contributed by atoms with Crippen molar-refractivity contribution in [2.24, 2.45) is 5.73 Å². The normalized spacial score (nSPS) is 13.3. The molecule has 0 spiro atoms. The molecule has 0 rings (SSSR count). The van der Waals surface area contributed by atoms with E-state index in [1.807, 2.05) is 6.92 Å². The zero-order valence-electron chi connectivity index (χ0n) is 7.92. The van der Waals surface area contributed by atoms with Crippen LogP contribution in [0.15, 0.2) is 0 Å². The van der Waals surface area contributed by atoms with Gasteiger partial charge in [0.25, 0.3) is 0 Å². The summed E-state index contributed by atoms with van der Waals surface area (Å²) in [4.78, 5) is 0. The molecule has 0 fully saturated rings. The van der Waals surface area contributed by atoms with Crippen molar-refractivity contribution in [2.45, 2.75) is 32.7 Å². The molecule has 3 N–H and O–H groups in total. The van der Waals surface area contributed by atoms with Crippen LogP contribution in [0.4, 0.5) is 0 Å². The zero-order chi connectivity index (χ0) is 9.83. The van der Waals surface area contributed by atoms with Crippen LogP contribution < -0.4 is 10.5 Å². The molecule has 0 aromatic heterocycles. The van der Waals surface area contributed by atoms with E-state index >= 15 is 0 Å². The SMILES string of the molecule is CCCS(=O)(=O)NC(C)(C)CN. The molecule has 0 aliphatic heterocycles. The highest BCUT2D eigenvalue weighted by atomic mass is 32.2. The Hall–Kier alpha value is -0.130. The van der Waals surface area contributed by atoms with Crippen molar-refractivity contribution in [1.82, 2.24) is 4.72 Å². The average Bonchev–Trinajstić information content (AvgIpc) is 1.85. The number of nitrogens with one attached hydrogen (secondary N) is 1. The van der Waals surface area contributed by atoms with E-state index in [0.717, 1.165) is 0 Å². The van der Waals surface area contributed by atoms with Gasteiger partial charge in [-0.2, -0.15) is 0 Å². The second-order valence-corrected chi connectivity index (χ2v) is 5.35. The number of rotatable bonds is 5. The molecule has 0 aromatic rings. The highest BCUT2D eigenvalue weighted by Crippen LogP contribution is 2.02. The standard InChI is InChI=1S/C7H18N2O2S/c1-4-5-12(10,11)9-7(2,3)6-8/h9H,4-6,8H2,1-3H3. The van der Waals surface area contributed by atoms with Crippen LogP contribution in [-0.2, 0) is 10.0 Å². The lowest BCUT2D eigenvalue weighted by molar-refractivity contribution is 0.462. The summed E-state index contributed by atoms with van der Waals surface area (Å²) in [6, 6.07) is 0. The fourth-order valence-corrected chi connectivity index (χ4v) is 2.35. The van der Waals surface area contributed by atoms with Crippen LogP contribution in [0.5, 0.6) is 0 Å². The maximum atomic E-state index is 11.2. The highest BCUT2D eigenvalue weighted by Gasteiger charge is 2.22. The van der Waals surface area contributed by atoms with Gasteiger partial charge in [0.05, 0.1) is 5.75 Å². The van der Waals surface area contributed by atoms with E-state index in [9.17, 15) is 8.42 Å². The Bertz CT molecular complexity index is 222. The molecular weight excluding hydrogens is 176 g/mol. The Labute approximate surface area is 74.6 Å². The Morgan fingerprint density at radius 3 is 2.25 bits per heavy atom. The van der Waals surface area contributed by atoms with Crippen molar-refractivity contribution in [3.8, 4) is 0 Å². The van der Waals surface area contributed by atoms with Gasteiger partial charge in [-0.25, -0.2) is 13.1 Å². The van der Waals surface area contributed by atoms with Gasteiger partial charge in [0.1, 0.15) is 0 Å². The molecule has 0 bridgehead atoms. The Kier molecular flexibility index (Phi) is 4.16. The molecular formula is C7H18N2O2S. The van der Waals surface area contributed by atoms with Crippen molar-refractivity contribution in [3.05, 3.63) is 0 Å². The summed E-state index contributed by atoms with van der Waals surface area (Å²) in [5, 5.41) is 0. The molecule has 0 heterocycles. The summed E-state index contributed by atoms with van der Waals surface area (Å²) in [7, 11) is -3.13. The van der Waals surface area contributed by atoms with E-state index in [2.05, 4.69) is 4.72 Å². The van der Waals surface area contributed by atoms with Crippen molar-refractivity contribution >= 4 is 10.0 Å². The van der Waals surface area contributed by atoms with Crippen molar-refractivity contribution in [3.63, 3.8) is 0 Å². The smallest absolute Gasteiger partial charge is 0.212 e. The third-order valence-corrected chi connectivity index (χ3v) is 3.22. The number of sulfonamides is 1. The van der Waals surface area contributed by atoms with Crippen molar-refractivity contribution in [1.29, 1.82) is 0 Å². The van der Waals surface area contributed by atoms with Gasteiger partial charge < -0.3 is 5.73 Å². The monoisotopic (exact) mass is 194 g/mol. The molecule has 0 unspecified atom stereocenters. The molecule has 12 heavy (non-hydrogen) atoms. The molecule has 0 aliphatic carbocycles. The van der Waals surface area contributed by atoms with Gasteiger partial charge in [-0.15, -0.1) is 0 Å². The maximum Gasteiger partial charge on any atom is 0.212 e. The van der Waals surface area contributed by atoms with Gasteiger partial charge in [-0.3, -0.25) is 0 Å². The van der Waals surface area contributed by atoms with Gasteiger partial charge in [0.2, 0.25) is 10.0 Å². The predicted octanol–water partition coefficient (Wildman–Crippen LogP) is 0.0531. The van der Waals surface area contributed by atoms with Crippen molar-refractivity contribution < 1.29 is 8.42 Å². The summed E-state index contributed by atoms with van der Waals surface area (Å²) in [6.07, 6.45) is 0.621. The van der Waals surface area contributed by atoms with Gasteiger partial charge >= 0.3 is 0 Å². The average molecular weight is 194 g/mol. The summed E-state index contributed by atoms with van der Waals surface area (Å²) in [5.41, 5.74) is 4.85. The predicted molar refractivity (Wildman–Crippen MR) is 50.3 cm³/mol. The third kappa shape index (κ3) is 4.69. The molecule has 0 aromatic carbocycles. The molecule has 0 radical (unpaired) electrons. The van der Waals surface area contributed by atoms with Gasteiger partial charge in [-0.05, 0) is 20.3 Å². The summed E-state index contributed by atoms with van der Waals surface area (Å²) in [5.74, 6) is 0.163. The van der Waals surface area contributed by atoms with E-state index in [1.54, 1.807) is 13.8 Å². The summed E-state index contributed by atoms with van der Waals surface area (Å²) >= 11 is 0. The van der Waals surface area contributed by atoms with Gasteiger partial charge in [-0.1, -0.05) is 6.92 Å². The summed E-state index contributed by atoms with van der Waals surface area (Å²) in [6.45, 7) is 5.66. The van der Waals surface area contributed by atoms with Crippen LogP contribution in [0.25, 0.3) is 0 Å². The first-order valence-corrected chi connectivity index (χ1v) is 5.70. The first-order chi connectivity index (χ1) is 5.33. The number of hydrogen-bond donors (Lipinski definition) is 2. The lowest BCUT2D eigenvalue weighted by Crippen LogP contribution is -2.49. The number of nitrogens with two attached hydrogens (primary N) is 1. The maximum absolute atomic E-state index is 11.2. The lowest BCUT2D eigenvalue weighted by Gasteiger charge is -2.23. The fourth-order valence-electron chi connectivity index (χ4n) is 0.782. The molecule has 0 atom stereocenters. The topological polar surface area (TPSA) is 72.2 Å². The van der Waals surface area contributed by atoms with Crippen LogP contribution in [0, 0.1) is 0 Å². The second kappa shape index (κ2) is 4.20. The molecule has 74 valence electrons. The Morgan fingerprint density at radius 1 is 1.42 bits per heavy atom. The summed E-state index contributed by atoms with van der Waals surface area (Å²) < 4.78 is 25.0. The third-order valence-electron chi connectivity index (χ3n) is 1.41. The minimum Gasteiger partial charge on any atom is -0.329 e. The van der Waals surface area contributed by atoms with E-state index < -0.39 is 15.6 Å². The van der Waals surface area contributed by atoms with E-state index in [0.29, 0.717) is 13.0 Å². The second-order valence-electron chi connectivity index (χ2n) is 3.51. The lowest BCUT2D eigenvalue weighted by atomic mass is 10.1. The largest absolute Gasteiger partial charge is 0.329 e. The van der Waals surface area contributed by atoms with Crippen LogP contribution >= 0.6 is 0 Å². The molecule has 0 saturated carbocycles. The Balaban J connectivity index is 4.25. The van der Waals surface area contributed by atoms with E-state index in [4.69, 9.17) is 5.73 Å². The molecule has 0 aliphatic rings. The zero-order valence-corrected chi connectivity index (χ0v) is 8.74. The molecule has 0 amide bonds. The quantitative estimate of drug-likeness (QED) is 0.649.